The summed E-state index contributed by atoms with van der Waals surface area (Å²) in [6, 6.07) is 16.7. The molecule has 2 N–H and O–H groups in total. The Balaban J connectivity index is 1.30. The minimum atomic E-state index is -4.54. The van der Waals surface area contributed by atoms with Gasteiger partial charge in [-0.2, -0.15) is 45.9 Å². The van der Waals surface area contributed by atoms with Gasteiger partial charge in [-0.3, -0.25) is 0 Å². The average molecular weight is 818 g/mol. The molecule has 52 heavy (non-hydrogen) atoms. The van der Waals surface area contributed by atoms with Crippen molar-refractivity contribution in [3.8, 4) is 44.5 Å². The molecule has 0 amide bonds. The van der Waals surface area contributed by atoms with Gasteiger partial charge in [-0.15, -0.1) is 22.7 Å². The summed E-state index contributed by atoms with van der Waals surface area (Å²) in [6.45, 7) is 3.33. The van der Waals surface area contributed by atoms with Gasteiger partial charge in [0, 0.05) is 43.4 Å². The molecule has 4 aromatic heterocycles. The van der Waals surface area contributed by atoms with E-state index in [2.05, 4.69) is 36.1 Å². The number of hydrogen-bond donors (Lipinski definition) is 2. The standard InChI is InChI=1S/C35H23BrF6N6O2S2/c1-17-27(30(49)47(45-17)32-43-25(15-51-32)20-5-3-7-22(13-20)34(37,38)39)29(19-9-11-24(36)12-10-19)28-18(2)46-48(31(28)50)33-44-26(16-52-33)21-6-4-8-23(14-21)35(40,41)42/h3-16,29,49-50H,1-2H3. The predicted molar refractivity (Wildman–Crippen MR) is 187 cm³/mol. The first-order valence-corrected chi connectivity index (χ1v) is 17.7. The Labute approximate surface area is 307 Å². The molecule has 0 spiro atoms. The molecule has 0 atom stereocenters. The second-order valence-electron chi connectivity index (χ2n) is 11.6. The third kappa shape index (κ3) is 6.59. The topological polar surface area (TPSA) is 102 Å². The van der Waals surface area contributed by atoms with Crippen LogP contribution in [0.4, 0.5) is 26.3 Å². The fourth-order valence-corrected chi connectivity index (χ4v) is 7.66. The normalized spacial score (nSPS) is 12.3. The molecule has 4 heterocycles. The van der Waals surface area contributed by atoms with E-state index in [1.807, 2.05) is 0 Å². The molecule has 0 radical (unpaired) electrons. The summed E-state index contributed by atoms with van der Waals surface area (Å²) < 4.78 is 83.4. The van der Waals surface area contributed by atoms with Gasteiger partial charge in [0.1, 0.15) is 0 Å². The molecular weight excluding hydrogens is 794 g/mol. The number of rotatable bonds is 7. The Kier molecular flexibility index (Phi) is 8.99. The van der Waals surface area contributed by atoms with Gasteiger partial charge in [-0.25, -0.2) is 9.97 Å². The highest BCUT2D eigenvalue weighted by Gasteiger charge is 2.35. The quantitative estimate of drug-likeness (QED) is 0.155. The van der Waals surface area contributed by atoms with Gasteiger partial charge in [-0.05, 0) is 55.8 Å². The Morgan fingerprint density at radius 3 is 1.48 bits per heavy atom. The van der Waals surface area contributed by atoms with Crippen LogP contribution in [0.25, 0.3) is 32.8 Å². The fraction of sp³-hybridized carbons (Fsp3) is 0.143. The van der Waals surface area contributed by atoms with E-state index in [-0.39, 0.29) is 44.5 Å². The van der Waals surface area contributed by atoms with Crippen molar-refractivity contribution in [2.24, 2.45) is 0 Å². The maximum Gasteiger partial charge on any atom is 0.416 e. The first-order chi connectivity index (χ1) is 24.6. The van der Waals surface area contributed by atoms with Gasteiger partial charge >= 0.3 is 12.4 Å². The van der Waals surface area contributed by atoms with Crippen LogP contribution < -0.4 is 0 Å². The third-order valence-corrected chi connectivity index (χ3v) is 10.4. The SMILES string of the molecule is Cc1nn(-c2nc(-c3cccc(C(F)(F)F)c3)cs2)c(O)c1C(c1ccc(Br)cc1)c1c(C)nn(-c2nc(-c3cccc(C(F)(F)F)c3)cs2)c1O. The van der Waals surface area contributed by atoms with E-state index in [1.54, 1.807) is 48.9 Å². The van der Waals surface area contributed by atoms with Gasteiger partial charge in [0.2, 0.25) is 22.0 Å². The van der Waals surface area contributed by atoms with Gasteiger partial charge < -0.3 is 10.2 Å². The van der Waals surface area contributed by atoms with E-state index in [1.165, 1.54) is 33.6 Å². The maximum absolute atomic E-state index is 13.4. The van der Waals surface area contributed by atoms with Crippen LogP contribution in [0.15, 0.2) is 88.0 Å². The summed E-state index contributed by atoms with van der Waals surface area (Å²) >= 11 is 5.58. The van der Waals surface area contributed by atoms with Gasteiger partial charge in [0.15, 0.2) is 0 Å². The molecule has 266 valence electrons. The lowest BCUT2D eigenvalue weighted by molar-refractivity contribution is -0.138. The summed E-state index contributed by atoms with van der Waals surface area (Å²) in [5.41, 5.74) is 1.34. The largest absolute Gasteiger partial charge is 0.493 e. The highest BCUT2D eigenvalue weighted by Crippen LogP contribution is 2.46. The lowest BCUT2D eigenvalue weighted by atomic mass is 9.85. The highest BCUT2D eigenvalue weighted by atomic mass is 79.9. The molecule has 3 aromatic carbocycles. The molecule has 0 bridgehead atoms. The van der Waals surface area contributed by atoms with Gasteiger partial charge in [0.25, 0.3) is 0 Å². The zero-order valence-corrected chi connectivity index (χ0v) is 29.9. The van der Waals surface area contributed by atoms with Crippen molar-refractivity contribution in [3.05, 3.63) is 127 Å². The van der Waals surface area contributed by atoms with Crippen LogP contribution in [-0.2, 0) is 12.4 Å². The molecule has 8 nitrogen and oxygen atoms in total. The number of hydrogen-bond acceptors (Lipinski definition) is 8. The van der Waals surface area contributed by atoms with Gasteiger partial charge in [0.05, 0.1) is 33.9 Å². The molecule has 0 saturated carbocycles. The van der Waals surface area contributed by atoms with Crippen molar-refractivity contribution >= 4 is 38.6 Å². The number of benzene rings is 3. The monoisotopic (exact) mass is 816 g/mol. The molecule has 17 heteroatoms. The minimum absolute atomic E-state index is 0.190. The van der Waals surface area contributed by atoms with Crippen molar-refractivity contribution in [2.75, 3.05) is 0 Å². The van der Waals surface area contributed by atoms with Crippen LogP contribution in [0.3, 0.4) is 0 Å². The Morgan fingerprint density at radius 2 is 1.08 bits per heavy atom. The average Bonchev–Trinajstić information content (AvgIpc) is 3.90. The minimum Gasteiger partial charge on any atom is -0.493 e. The lowest BCUT2D eigenvalue weighted by Crippen LogP contribution is -2.06. The number of aromatic nitrogens is 6. The molecule has 0 aliphatic heterocycles. The zero-order chi connectivity index (χ0) is 37.1. The summed E-state index contributed by atoms with van der Waals surface area (Å²) in [4.78, 5) is 8.96. The highest BCUT2D eigenvalue weighted by molar-refractivity contribution is 9.10. The maximum atomic E-state index is 13.4. The summed E-state index contributed by atoms with van der Waals surface area (Å²) in [7, 11) is 0. The second kappa shape index (κ2) is 13.2. The summed E-state index contributed by atoms with van der Waals surface area (Å²) in [6.07, 6.45) is -9.07. The number of aryl methyl sites for hydroxylation is 2. The van der Waals surface area contributed by atoms with Crippen LogP contribution in [0, 0.1) is 13.8 Å². The van der Waals surface area contributed by atoms with Crippen molar-refractivity contribution in [1.29, 1.82) is 0 Å². The summed E-state index contributed by atoms with van der Waals surface area (Å²) in [5.74, 6) is -1.48. The van der Waals surface area contributed by atoms with Crippen molar-refractivity contribution in [2.45, 2.75) is 32.1 Å². The Morgan fingerprint density at radius 1 is 0.654 bits per heavy atom. The van der Waals surface area contributed by atoms with E-state index in [0.29, 0.717) is 28.1 Å². The van der Waals surface area contributed by atoms with E-state index >= 15 is 0 Å². The predicted octanol–water partition coefficient (Wildman–Crippen LogP) is 10.3. The molecule has 0 aliphatic rings. The molecular formula is C35H23BrF6N6O2S2. The number of thiazole rings is 2. The van der Waals surface area contributed by atoms with Crippen LogP contribution in [0.2, 0.25) is 0 Å². The smallest absolute Gasteiger partial charge is 0.416 e. The van der Waals surface area contributed by atoms with Gasteiger partial charge in [-0.1, -0.05) is 52.3 Å². The van der Waals surface area contributed by atoms with Crippen LogP contribution in [-0.4, -0.2) is 39.7 Å². The Hall–Kier alpha value is -5.00. The van der Waals surface area contributed by atoms with E-state index in [9.17, 15) is 36.6 Å². The number of alkyl halides is 6. The molecule has 0 aliphatic carbocycles. The molecule has 0 fully saturated rings. The molecule has 7 aromatic rings. The van der Waals surface area contributed by atoms with Crippen molar-refractivity contribution in [1.82, 2.24) is 29.5 Å². The van der Waals surface area contributed by atoms with Crippen molar-refractivity contribution in [3.63, 3.8) is 0 Å². The first-order valence-electron chi connectivity index (χ1n) is 15.2. The number of nitrogens with zero attached hydrogens (tertiary/aromatic N) is 6. The number of aromatic hydroxyl groups is 2. The number of halogens is 7. The summed E-state index contributed by atoms with van der Waals surface area (Å²) in [5, 5.41) is 36.1. The third-order valence-electron chi connectivity index (χ3n) is 8.26. The fourth-order valence-electron chi connectivity index (χ4n) is 5.83. The van der Waals surface area contributed by atoms with E-state index < -0.39 is 29.4 Å². The van der Waals surface area contributed by atoms with E-state index in [0.717, 1.165) is 51.4 Å². The van der Waals surface area contributed by atoms with E-state index in [4.69, 9.17) is 0 Å². The second-order valence-corrected chi connectivity index (χ2v) is 14.2. The van der Waals surface area contributed by atoms with Crippen molar-refractivity contribution < 1.29 is 36.6 Å². The van der Waals surface area contributed by atoms with Crippen LogP contribution in [0.1, 0.15) is 45.1 Å². The molecule has 0 saturated heterocycles. The van der Waals surface area contributed by atoms with Crippen LogP contribution >= 0.6 is 38.6 Å². The lowest BCUT2D eigenvalue weighted by Gasteiger charge is -2.18. The first kappa shape index (κ1) is 35.4. The molecule has 7 rings (SSSR count). The Bertz CT molecular complexity index is 2290. The molecule has 0 unspecified atom stereocenters. The van der Waals surface area contributed by atoms with Crippen LogP contribution in [0.5, 0.6) is 11.8 Å². The zero-order valence-electron chi connectivity index (χ0n) is 26.7.